The lowest BCUT2D eigenvalue weighted by molar-refractivity contribution is 0.0526. The summed E-state index contributed by atoms with van der Waals surface area (Å²) in [6, 6.07) is 23.8. The molecule has 0 aromatic heterocycles. The molecule has 0 aliphatic heterocycles. The van der Waals surface area contributed by atoms with Crippen LogP contribution in [0.15, 0.2) is 77.3 Å². The quantitative estimate of drug-likeness (QED) is 0.368. The second-order valence-corrected chi connectivity index (χ2v) is 7.88. The van der Waals surface area contributed by atoms with E-state index in [2.05, 4.69) is 39.0 Å². The molecule has 3 aromatic rings. The van der Waals surface area contributed by atoms with Gasteiger partial charge in [-0.2, -0.15) is 0 Å². The van der Waals surface area contributed by atoms with Crippen molar-refractivity contribution in [2.24, 2.45) is 0 Å². The first-order chi connectivity index (χ1) is 14.6. The van der Waals surface area contributed by atoms with E-state index in [1.807, 2.05) is 49.5 Å². The van der Waals surface area contributed by atoms with Crippen LogP contribution in [0.1, 0.15) is 28.4 Å². The van der Waals surface area contributed by atoms with Crippen molar-refractivity contribution in [2.45, 2.75) is 20.0 Å². The molecule has 4 nitrogen and oxygen atoms in total. The summed E-state index contributed by atoms with van der Waals surface area (Å²) >= 11 is 3.57. The second kappa shape index (κ2) is 10.8. The monoisotopic (exact) mass is 467 g/mol. The van der Waals surface area contributed by atoms with E-state index in [4.69, 9.17) is 9.47 Å². The molecule has 0 radical (unpaired) electrons. The molecule has 0 unspecified atom stereocenters. The van der Waals surface area contributed by atoms with E-state index in [0.29, 0.717) is 18.8 Å². The minimum atomic E-state index is -0.291. The van der Waals surface area contributed by atoms with E-state index < -0.39 is 0 Å². The minimum absolute atomic E-state index is 0.291. The van der Waals surface area contributed by atoms with Gasteiger partial charge < -0.3 is 14.4 Å². The summed E-state index contributed by atoms with van der Waals surface area (Å²) in [6.07, 6.45) is 0.833. The summed E-state index contributed by atoms with van der Waals surface area (Å²) in [5.41, 5.74) is 3.91. The molecule has 0 amide bonds. The first-order valence-electron chi connectivity index (χ1n) is 10.0. The summed E-state index contributed by atoms with van der Waals surface area (Å²) in [5, 5.41) is 0. The van der Waals surface area contributed by atoms with Gasteiger partial charge in [0.2, 0.25) is 0 Å². The number of carbonyl (C=O) groups is 1. The third kappa shape index (κ3) is 6.10. The molecule has 5 heteroatoms. The minimum Gasteiger partial charge on any atom is -0.489 e. The van der Waals surface area contributed by atoms with E-state index in [1.54, 1.807) is 19.1 Å². The van der Waals surface area contributed by atoms with Gasteiger partial charge in [-0.15, -0.1) is 0 Å². The highest BCUT2D eigenvalue weighted by atomic mass is 79.9. The molecule has 156 valence electrons. The zero-order valence-electron chi connectivity index (χ0n) is 17.3. The first kappa shape index (κ1) is 21.9. The smallest absolute Gasteiger partial charge is 0.338 e. The molecule has 30 heavy (non-hydrogen) atoms. The topological polar surface area (TPSA) is 38.8 Å². The summed E-state index contributed by atoms with van der Waals surface area (Å²) in [7, 11) is 2.04. The van der Waals surface area contributed by atoms with E-state index in [-0.39, 0.29) is 5.97 Å². The Morgan fingerprint density at radius 2 is 1.73 bits per heavy atom. The number of likely N-dealkylation sites (N-methyl/N-ethyl adjacent to an activating group) is 1. The van der Waals surface area contributed by atoms with E-state index in [0.717, 1.165) is 40.0 Å². The van der Waals surface area contributed by atoms with Gasteiger partial charge in [0.1, 0.15) is 12.4 Å². The maximum Gasteiger partial charge on any atom is 0.338 e. The van der Waals surface area contributed by atoms with Gasteiger partial charge >= 0.3 is 5.97 Å². The fourth-order valence-electron chi connectivity index (χ4n) is 3.10. The molecule has 0 bridgehead atoms. The highest BCUT2D eigenvalue weighted by molar-refractivity contribution is 9.10. The van der Waals surface area contributed by atoms with Gasteiger partial charge in [0, 0.05) is 23.8 Å². The van der Waals surface area contributed by atoms with Gasteiger partial charge in [0.25, 0.3) is 0 Å². The molecule has 0 N–H and O–H groups in total. The largest absolute Gasteiger partial charge is 0.489 e. The van der Waals surface area contributed by atoms with Crippen molar-refractivity contribution < 1.29 is 14.3 Å². The number of benzene rings is 3. The summed E-state index contributed by atoms with van der Waals surface area (Å²) in [5.74, 6) is 0.606. The average Bonchev–Trinajstić information content (AvgIpc) is 2.77. The highest BCUT2D eigenvalue weighted by Gasteiger charge is 2.10. The standard InChI is InChI=1S/C25H26BrNO3/c1-3-29-25(28)20-9-12-23(13-10-20)27(2)16-15-21-17-22(26)11-14-24(21)30-18-19-7-5-4-6-8-19/h4-14,17H,3,15-16,18H2,1-2H3. The first-order valence-corrected chi connectivity index (χ1v) is 10.8. The molecular formula is C25H26BrNO3. The highest BCUT2D eigenvalue weighted by Crippen LogP contribution is 2.25. The van der Waals surface area contributed by atoms with Crippen LogP contribution in [-0.2, 0) is 17.8 Å². The maximum atomic E-state index is 11.8. The Morgan fingerprint density at radius 3 is 2.43 bits per heavy atom. The van der Waals surface area contributed by atoms with Gasteiger partial charge in [-0.3, -0.25) is 0 Å². The van der Waals surface area contributed by atoms with Crippen molar-refractivity contribution in [1.29, 1.82) is 0 Å². The van der Waals surface area contributed by atoms with Gasteiger partial charge in [-0.25, -0.2) is 4.79 Å². The van der Waals surface area contributed by atoms with Gasteiger partial charge in [0.05, 0.1) is 12.2 Å². The molecule has 0 spiro atoms. The number of ether oxygens (including phenoxy) is 2. The number of rotatable bonds is 9. The summed E-state index contributed by atoms with van der Waals surface area (Å²) in [6.45, 7) is 3.54. The Bertz CT molecular complexity index is 958. The van der Waals surface area contributed by atoms with Crippen LogP contribution < -0.4 is 9.64 Å². The Kier molecular flexibility index (Phi) is 7.91. The van der Waals surface area contributed by atoms with Crippen LogP contribution >= 0.6 is 15.9 Å². The van der Waals surface area contributed by atoms with Crippen LogP contribution in [0, 0.1) is 0 Å². The number of halogens is 1. The molecule has 0 aliphatic rings. The molecule has 0 saturated carbocycles. The number of hydrogen-bond acceptors (Lipinski definition) is 4. The molecule has 0 aliphatic carbocycles. The van der Waals surface area contributed by atoms with Crippen LogP contribution in [0.2, 0.25) is 0 Å². The van der Waals surface area contributed by atoms with Crippen LogP contribution in [0.3, 0.4) is 0 Å². The molecule has 0 fully saturated rings. The Labute approximate surface area is 186 Å². The van der Waals surface area contributed by atoms with E-state index >= 15 is 0 Å². The normalized spacial score (nSPS) is 10.5. The Morgan fingerprint density at radius 1 is 1.00 bits per heavy atom. The number of nitrogens with zero attached hydrogens (tertiary/aromatic N) is 1. The molecule has 0 atom stereocenters. The molecule has 0 heterocycles. The van der Waals surface area contributed by atoms with Gasteiger partial charge in [-0.1, -0.05) is 46.3 Å². The van der Waals surface area contributed by atoms with Crippen molar-refractivity contribution >= 4 is 27.6 Å². The van der Waals surface area contributed by atoms with Crippen molar-refractivity contribution in [3.05, 3.63) is 94.0 Å². The van der Waals surface area contributed by atoms with Crippen LogP contribution in [0.4, 0.5) is 5.69 Å². The van der Waals surface area contributed by atoms with Crippen molar-refractivity contribution in [3.63, 3.8) is 0 Å². The number of esters is 1. The average molecular weight is 468 g/mol. The second-order valence-electron chi connectivity index (χ2n) is 6.97. The fraction of sp³-hybridized carbons (Fsp3) is 0.240. The van der Waals surface area contributed by atoms with E-state index in [9.17, 15) is 4.79 Å². The lowest BCUT2D eigenvalue weighted by Gasteiger charge is -2.20. The molecule has 3 aromatic carbocycles. The van der Waals surface area contributed by atoms with Gasteiger partial charge in [0.15, 0.2) is 0 Å². The predicted octanol–water partition coefficient (Wildman–Crippen LogP) is 5.88. The lowest BCUT2D eigenvalue weighted by atomic mass is 10.1. The number of hydrogen-bond donors (Lipinski definition) is 0. The zero-order valence-corrected chi connectivity index (χ0v) is 18.9. The van der Waals surface area contributed by atoms with Gasteiger partial charge in [-0.05, 0) is 66.9 Å². The number of carbonyl (C=O) groups excluding carboxylic acids is 1. The van der Waals surface area contributed by atoms with Crippen LogP contribution in [0.5, 0.6) is 5.75 Å². The van der Waals surface area contributed by atoms with E-state index in [1.165, 1.54) is 0 Å². The van der Waals surface area contributed by atoms with Crippen molar-refractivity contribution in [2.75, 3.05) is 25.1 Å². The predicted molar refractivity (Wildman–Crippen MR) is 124 cm³/mol. The summed E-state index contributed by atoms with van der Waals surface area (Å²) in [4.78, 5) is 14.0. The van der Waals surface area contributed by atoms with Crippen LogP contribution in [0.25, 0.3) is 0 Å². The fourth-order valence-corrected chi connectivity index (χ4v) is 3.51. The van der Waals surface area contributed by atoms with Crippen molar-refractivity contribution in [1.82, 2.24) is 0 Å². The molecule has 3 rings (SSSR count). The summed E-state index contributed by atoms with van der Waals surface area (Å²) < 4.78 is 12.2. The zero-order chi connectivity index (χ0) is 21.3. The third-order valence-electron chi connectivity index (χ3n) is 4.80. The van der Waals surface area contributed by atoms with Crippen molar-refractivity contribution in [3.8, 4) is 5.75 Å². The molecule has 0 saturated heterocycles. The third-order valence-corrected chi connectivity index (χ3v) is 5.29. The van der Waals surface area contributed by atoms with Crippen LogP contribution in [-0.4, -0.2) is 26.2 Å². The lowest BCUT2D eigenvalue weighted by Crippen LogP contribution is -2.20. The Hall–Kier alpha value is -2.79. The maximum absolute atomic E-state index is 11.8. The molecular weight excluding hydrogens is 442 g/mol. The SMILES string of the molecule is CCOC(=O)c1ccc(N(C)CCc2cc(Br)ccc2OCc2ccccc2)cc1. The number of anilines is 1. The Balaban J connectivity index is 1.63.